The van der Waals surface area contributed by atoms with Crippen molar-refractivity contribution in [3.63, 3.8) is 0 Å². The topological polar surface area (TPSA) is 26.3 Å². The molecule has 0 saturated heterocycles. The summed E-state index contributed by atoms with van der Waals surface area (Å²) < 4.78 is 5.62. The number of para-hydroxylation sites is 1. The lowest BCUT2D eigenvalue weighted by Crippen LogP contribution is -1.91. The summed E-state index contributed by atoms with van der Waals surface area (Å²) in [6.07, 6.45) is 0.732. The largest absolute Gasteiger partial charge is 0.455 e. The van der Waals surface area contributed by atoms with E-state index in [4.69, 9.17) is 16.3 Å². The minimum absolute atomic E-state index is 0.396. The minimum atomic E-state index is 0.396. The van der Waals surface area contributed by atoms with E-state index in [1.54, 1.807) is 18.2 Å². The summed E-state index contributed by atoms with van der Waals surface area (Å²) in [4.78, 5) is 10.9. The van der Waals surface area contributed by atoms with Crippen LogP contribution < -0.4 is 4.74 Å². The molecule has 0 unspecified atom stereocenters. The molecule has 0 atom stereocenters. The molecule has 0 radical (unpaired) electrons. The Hall–Kier alpha value is -1.80. The van der Waals surface area contributed by atoms with E-state index in [0.717, 1.165) is 11.8 Å². The molecule has 0 aliphatic rings. The van der Waals surface area contributed by atoms with Crippen LogP contribution in [0, 0.1) is 6.92 Å². The molecule has 17 heavy (non-hydrogen) atoms. The van der Waals surface area contributed by atoms with Crippen molar-refractivity contribution in [2.45, 2.75) is 6.92 Å². The molecule has 0 heterocycles. The predicted octanol–water partition coefficient (Wildman–Crippen LogP) is 4.25. The monoisotopic (exact) mass is 246 g/mol. The zero-order chi connectivity index (χ0) is 12.3. The number of hydrogen-bond donors (Lipinski definition) is 0. The second-order valence-electron chi connectivity index (χ2n) is 3.69. The maximum atomic E-state index is 10.9. The standard InChI is InChI=1S/C14H11ClO2/c1-10-5-7-12(8-6-10)17-14-11(9-16)3-2-4-13(14)15/h2-9H,1H3. The Kier molecular flexibility index (Phi) is 3.45. The highest BCUT2D eigenvalue weighted by atomic mass is 35.5. The highest BCUT2D eigenvalue weighted by Crippen LogP contribution is 2.32. The van der Waals surface area contributed by atoms with Crippen molar-refractivity contribution in [1.82, 2.24) is 0 Å². The summed E-state index contributed by atoms with van der Waals surface area (Å²) in [6, 6.07) is 12.6. The molecule has 0 N–H and O–H groups in total. The van der Waals surface area contributed by atoms with Crippen LogP contribution in [-0.2, 0) is 0 Å². The minimum Gasteiger partial charge on any atom is -0.455 e. The first-order valence-electron chi connectivity index (χ1n) is 5.19. The third kappa shape index (κ3) is 2.66. The molecule has 2 aromatic rings. The summed E-state index contributed by atoms with van der Waals surface area (Å²) in [5.74, 6) is 1.06. The lowest BCUT2D eigenvalue weighted by Gasteiger charge is -2.09. The van der Waals surface area contributed by atoms with E-state index < -0.39 is 0 Å². The van der Waals surface area contributed by atoms with Crippen LogP contribution in [0.3, 0.4) is 0 Å². The lowest BCUT2D eigenvalue weighted by molar-refractivity contribution is 0.112. The van der Waals surface area contributed by atoms with Crippen molar-refractivity contribution in [1.29, 1.82) is 0 Å². The molecule has 0 bridgehead atoms. The number of rotatable bonds is 3. The van der Waals surface area contributed by atoms with Gasteiger partial charge in [0.2, 0.25) is 0 Å². The second-order valence-corrected chi connectivity index (χ2v) is 4.10. The Morgan fingerprint density at radius 2 is 1.82 bits per heavy atom. The maximum absolute atomic E-state index is 10.9. The molecule has 2 aromatic carbocycles. The zero-order valence-corrected chi connectivity index (χ0v) is 10.1. The van der Waals surface area contributed by atoms with E-state index in [9.17, 15) is 4.79 Å². The summed E-state index contributed by atoms with van der Waals surface area (Å²) in [5.41, 5.74) is 1.59. The normalized spacial score (nSPS) is 10.0. The van der Waals surface area contributed by atoms with Gasteiger partial charge >= 0.3 is 0 Å². The molecule has 0 amide bonds. The SMILES string of the molecule is Cc1ccc(Oc2c(Cl)cccc2C=O)cc1. The molecule has 2 nitrogen and oxygen atoms in total. The number of benzene rings is 2. The van der Waals surface area contributed by atoms with Gasteiger partial charge in [-0.2, -0.15) is 0 Å². The van der Waals surface area contributed by atoms with Crippen molar-refractivity contribution < 1.29 is 9.53 Å². The van der Waals surface area contributed by atoms with E-state index in [0.29, 0.717) is 22.1 Å². The van der Waals surface area contributed by atoms with Crippen molar-refractivity contribution in [3.8, 4) is 11.5 Å². The Bertz CT molecular complexity index is 532. The Morgan fingerprint density at radius 3 is 2.47 bits per heavy atom. The summed E-state index contributed by atoms with van der Waals surface area (Å²) >= 11 is 6.01. The fourth-order valence-electron chi connectivity index (χ4n) is 1.45. The molecule has 3 heteroatoms. The third-order valence-electron chi connectivity index (χ3n) is 2.37. The molecule has 0 aromatic heterocycles. The first kappa shape index (κ1) is 11.7. The number of hydrogen-bond acceptors (Lipinski definition) is 2. The van der Waals surface area contributed by atoms with Gasteiger partial charge in [0.15, 0.2) is 12.0 Å². The smallest absolute Gasteiger partial charge is 0.156 e. The third-order valence-corrected chi connectivity index (χ3v) is 2.66. The predicted molar refractivity (Wildman–Crippen MR) is 68.1 cm³/mol. The van der Waals surface area contributed by atoms with Crippen molar-refractivity contribution >= 4 is 17.9 Å². The van der Waals surface area contributed by atoms with Gasteiger partial charge in [0.05, 0.1) is 10.6 Å². The van der Waals surface area contributed by atoms with E-state index in [1.165, 1.54) is 0 Å². The average molecular weight is 247 g/mol. The fraction of sp³-hybridized carbons (Fsp3) is 0.0714. The molecule has 0 spiro atoms. The Morgan fingerprint density at radius 1 is 1.12 bits per heavy atom. The van der Waals surface area contributed by atoms with E-state index in [-0.39, 0.29) is 0 Å². The summed E-state index contributed by atoms with van der Waals surface area (Å²) in [5, 5.41) is 0.426. The Labute approximate surface area is 105 Å². The molecule has 0 aliphatic carbocycles. The molecule has 0 saturated carbocycles. The maximum Gasteiger partial charge on any atom is 0.156 e. The number of aldehydes is 1. The van der Waals surface area contributed by atoms with Gasteiger partial charge in [-0.3, -0.25) is 4.79 Å². The van der Waals surface area contributed by atoms with Gasteiger partial charge in [-0.1, -0.05) is 35.4 Å². The van der Waals surface area contributed by atoms with E-state index in [2.05, 4.69) is 0 Å². The average Bonchev–Trinajstić information content (AvgIpc) is 2.34. The number of carbonyl (C=O) groups excluding carboxylic acids is 1. The molecular weight excluding hydrogens is 236 g/mol. The zero-order valence-electron chi connectivity index (χ0n) is 9.31. The number of aryl methyl sites for hydroxylation is 1. The first-order valence-corrected chi connectivity index (χ1v) is 5.56. The summed E-state index contributed by atoms with van der Waals surface area (Å²) in [7, 11) is 0. The summed E-state index contributed by atoms with van der Waals surface area (Å²) in [6.45, 7) is 2.00. The Balaban J connectivity index is 2.35. The highest BCUT2D eigenvalue weighted by Gasteiger charge is 2.08. The highest BCUT2D eigenvalue weighted by molar-refractivity contribution is 6.32. The van der Waals surface area contributed by atoms with Crippen LogP contribution in [0.2, 0.25) is 5.02 Å². The van der Waals surface area contributed by atoms with Crippen LogP contribution >= 0.6 is 11.6 Å². The van der Waals surface area contributed by atoms with Crippen LogP contribution in [0.15, 0.2) is 42.5 Å². The lowest BCUT2D eigenvalue weighted by atomic mass is 10.2. The van der Waals surface area contributed by atoms with Crippen LogP contribution in [0.4, 0.5) is 0 Å². The van der Waals surface area contributed by atoms with E-state index >= 15 is 0 Å². The molecule has 0 fully saturated rings. The first-order chi connectivity index (χ1) is 8.20. The van der Waals surface area contributed by atoms with Crippen LogP contribution in [0.25, 0.3) is 0 Å². The number of halogens is 1. The van der Waals surface area contributed by atoms with E-state index in [1.807, 2.05) is 31.2 Å². The van der Waals surface area contributed by atoms with Gasteiger partial charge in [0.25, 0.3) is 0 Å². The van der Waals surface area contributed by atoms with Gasteiger partial charge in [0, 0.05) is 0 Å². The van der Waals surface area contributed by atoms with Gasteiger partial charge in [-0.25, -0.2) is 0 Å². The van der Waals surface area contributed by atoms with Gasteiger partial charge in [-0.15, -0.1) is 0 Å². The van der Waals surface area contributed by atoms with Gasteiger partial charge in [-0.05, 0) is 31.2 Å². The van der Waals surface area contributed by atoms with Gasteiger partial charge in [0.1, 0.15) is 5.75 Å². The molecule has 86 valence electrons. The molecule has 2 rings (SSSR count). The van der Waals surface area contributed by atoms with Crippen molar-refractivity contribution in [3.05, 3.63) is 58.6 Å². The quantitative estimate of drug-likeness (QED) is 0.757. The number of ether oxygens (including phenoxy) is 1. The van der Waals surface area contributed by atoms with Crippen molar-refractivity contribution in [2.24, 2.45) is 0 Å². The fourth-order valence-corrected chi connectivity index (χ4v) is 1.67. The molecule has 0 aliphatic heterocycles. The van der Waals surface area contributed by atoms with Crippen LogP contribution in [0.1, 0.15) is 15.9 Å². The number of carbonyl (C=O) groups is 1. The second kappa shape index (κ2) is 5.02. The van der Waals surface area contributed by atoms with Crippen LogP contribution in [0.5, 0.6) is 11.5 Å². The molecular formula is C14H11ClO2. The van der Waals surface area contributed by atoms with Crippen molar-refractivity contribution in [2.75, 3.05) is 0 Å². The van der Waals surface area contributed by atoms with Gasteiger partial charge < -0.3 is 4.74 Å². The van der Waals surface area contributed by atoms with Crippen LogP contribution in [-0.4, -0.2) is 6.29 Å².